The molecular weight excluding hydrogens is 374 g/mol. The first-order valence-corrected chi connectivity index (χ1v) is 10.1. The van der Waals surface area contributed by atoms with Crippen molar-refractivity contribution < 1.29 is 12.8 Å². The summed E-state index contributed by atoms with van der Waals surface area (Å²) in [5.41, 5.74) is 2.12. The Morgan fingerprint density at radius 1 is 1.12 bits per heavy atom. The van der Waals surface area contributed by atoms with Crippen molar-refractivity contribution in [1.29, 1.82) is 0 Å². The minimum Gasteiger partial charge on any atom is -0.462 e. The number of sulfonamides is 1. The maximum absolute atomic E-state index is 12.7. The zero-order valence-corrected chi connectivity index (χ0v) is 15.5. The second-order valence-corrected chi connectivity index (χ2v) is 8.17. The van der Waals surface area contributed by atoms with Gasteiger partial charge >= 0.3 is 0 Å². The molecule has 0 saturated carbocycles. The van der Waals surface area contributed by atoms with E-state index in [1.54, 1.807) is 30.5 Å². The standard InChI is InChI=1S/C18H18ClN3O3S/c19-15-3-1-2-4-17(15)26(23,24)21-14-11-13-5-10-25-18(13)16(12-14)22-8-6-20-7-9-22/h1-5,10-12,20-21H,6-9H2. The highest BCUT2D eigenvalue weighted by atomic mass is 35.5. The third-order valence-corrected chi connectivity index (χ3v) is 6.25. The molecule has 136 valence electrons. The summed E-state index contributed by atoms with van der Waals surface area (Å²) in [5.74, 6) is 0. The first-order valence-electron chi connectivity index (χ1n) is 8.29. The van der Waals surface area contributed by atoms with Gasteiger partial charge in [0.2, 0.25) is 0 Å². The lowest BCUT2D eigenvalue weighted by molar-refractivity contribution is 0.579. The molecule has 0 spiro atoms. The monoisotopic (exact) mass is 391 g/mol. The Hall–Kier alpha value is -2.22. The number of hydrogen-bond donors (Lipinski definition) is 2. The number of benzene rings is 2. The van der Waals surface area contributed by atoms with Crippen LogP contribution >= 0.6 is 11.6 Å². The summed E-state index contributed by atoms with van der Waals surface area (Å²) in [6.45, 7) is 3.41. The van der Waals surface area contributed by atoms with Gasteiger partial charge in [-0.05, 0) is 30.3 Å². The summed E-state index contributed by atoms with van der Waals surface area (Å²) >= 11 is 6.06. The largest absolute Gasteiger partial charge is 0.462 e. The van der Waals surface area contributed by atoms with E-state index >= 15 is 0 Å². The number of nitrogens with one attached hydrogen (secondary N) is 2. The van der Waals surface area contributed by atoms with Gasteiger partial charge in [-0.25, -0.2) is 8.42 Å². The van der Waals surface area contributed by atoms with Gasteiger partial charge in [-0.3, -0.25) is 4.72 Å². The summed E-state index contributed by atoms with van der Waals surface area (Å²) in [6, 6.07) is 11.8. The lowest BCUT2D eigenvalue weighted by Gasteiger charge is -2.29. The molecule has 0 unspecified atom stereocenters. The van der Waals surface area contributed by atoms with Gasteiger partial charge in [0.15, 0.2) is 5.58 Å². The molecular formula is C18H18ClN3O3S. The van der Waals surface area contributed by atoms with Crippen LogP contribution in [0, 0.1) is 0 Å². The Labute approximate surface area is 156 Å². The van der Waals surface area contributed by atoms with Crippen LogP contribution in [-0.4, -0.2) is 34.6 Å². The normalized spacial score (nSPS) is 15.3. The Bertz CT molecular complexity index is 1040. The molecule has 2 heterocycles. The quantitative estimate of drug-likeness (QED) is 0.713. The number of fused-ring (bicyclic) bond motifs is 1. The van der Waals surface area contributed by atoms with Crippen molar-refractivity contribution in [3.63, 3.8) is 0 Å². The van der Waals surface area contributed by atoms with Crippen molar-refractivity contribution in [3.05, 3.63) is 53.8 Å². The number of hydrogen-bond acceptors (Lipinski definition) is 5. The number of furan rings is 1. The zero-order valence-electron chi connectivity index (χ0n) is 13.9. The topological polar surface area (TPSA) is 74.6 Å². The highest BCUT2D eigenvalue weighted by molar-refractivity contribution is 7.92. The lowest BCUT2D eigenvalue weighted by Crippen LogP contribution is -2.43. The molecule has 26 heavy (non-hydrogen) atoms. The van der Waals surface area contributed by atoms with Gasteiger partial charge in [-0.2, -0.15) is 0 Å². The molecule has 4 rings (SSSR count). The van der Waals surface area contributed by atoms with E-state index in [0.717, 1.165) is 42.8 Å². The van der Waals surface area contributed by atoms with E-state index in [2.05, 4.69) is 14.9 Å². The molecule has 2 aromatic carbocycles. The number of piperazine rings is 1. The molecule has 3 aromatic rings. The average molecular weight is 392 g/mol. The highest BCUT2D eigenvalue weighted by Gasteiger charge is 2.21. The Morgan fingerprint density at radius 3 is 2.65 bits per heavy atom. The van der Waals surface area contributed by atoms with Crippen LogP contribution in [0.1, 0.15) is 0 Å². The van der Waals surface area contributed by atoms with E-state index in [1.807, 2.05) is 12.1 Å². The van der Waals surface area contributed by atoms with E-state index in [9.17, 15) is 8.42 Å². The van der Waals surface area contributed by atoms with Crippen LogP contribution in [0.3, 0.4) is 0 Å². The van der Waals surface area contributed by atoms with Gasteiger partial charge in [0, 0.05) is 31.6 Å². The summed E-state index contributed by atoms with van der Waals surface area (Å²) in [4.78, 5) is 2.24. The van der Waals surface area contributed by atoms with Crippen molar-refractivity contribution in [3.8, 4) is 0 Å². The van der Waals surface area contributed by atoms with Gasteiger partial charge < -0.3 is 14.6 Å². The maximum atomic E-state index is 12.7. The molecule has 6 nitrogen and oxygen atoms in total. The molecule has 1 aromatic heterocycles. The van der Waals surface area contributed by atoms with Crippen molar-refractivity contribution in [1.82, 2.24) is 5.32 Å². The Morgan fingerprint density at radius 2 is 1.88 bits per heavy atom. The van der Waals surface area contributed by atoms with E-state index in [1.165, 1.54) is 6.07 Å². The van der Waals surface area contributed by atoms with Crippen LogP contribution in [0.25, 0.3) is 11.0 Å². The molecule has 0 atom stereocenters. The van der Waals surface area contributed by atoms with Gasteiger partial charge in [0.25, 0.3) is 10.0 Å². The Kier molecular flexibility index (Phi) is 4.52. The van der Waals surface area contributed by atoms with Crippen LogP contribution < -0.4 is 14.9 Å². The van der Waals surface area contributed by atoms with Crippen LogP contribution in [0.2, 0.25) is 5.02 Å². The minimum atomic E-state index is -3.79. The lowest BCUT2D eigenvalue weighted by atomic mass is 10.2. The van der Waals surface area contributed by atoms with E-state index < -0.39 is 10.0 Å². The van der Waals surface area contributed by atoms with Crippen LogP contribution in [0.5, 0.6) is 0 Å². The van der Waals surface area contributed by atoms with Crippen LogP contribution in [0.15, 0.2) is 58.0 Å². The molecule has 1 aliphatic rings. The highest BCUT2D eigenvalue weighted by Crippen LogP contribution is 2.33. The second kappa shape index (κ2) is 6.83. The average Bonchev–Trinajstić information content (AvgIpc) is 3.10. The molecule has 1 aliphatic heterocycles. The minimum absolute atomic E-state index is 0.0534. The molecule has 0 radical (unpaired) electrons. The van der Waals surface area contributed by atoms with Crippen molar-refractivity contribution in [2.45, 2.75) is 4.90 Å². The van der Waals surface area contributed by atoms with Gasteiger partial charge in [-0.1, -0.05) is 23.7 Å². The van der Waals surface area contributed by atoms with Crippen molar-refractivity contribution >= 4 is 44.0 Å². The molecule has 1 saturated heterocycles. The van der Waals surface area contributed by atoms with Crippen LogP contribution in [-0.2, 0) is 10.0 Å². The van der Waals surface area contributed by atoms with E-state index in [-0.39, 0.29) is 9.92 Å². The molecule has 0 bridgehead atoms. The summed E-state index contributed by atoms with van der Waals surface area (Å²) < 4.78 is 33.8. The summed E-state index contributed by atoms with van der Waals surface area (Å²) in [7, 11) is -3.79. The number of anilines is 2. The summed E-state index contributed by atoms with van der Waals surface area (Å²) in [6.07, 6.45) is 1.61. The van der Waals surface area contributed by atoms with Gasteiger partial charge in [0.1, 0.15) is 4.90 Å². The molecule has 0 aliphatic carbocycles. The smallest absolute Gasteiger partial charge is 0.263 e. The summed E-state index contributed by atoms with van der Waals surface area (Å²) in [5, 5.41) is 4.34. The van der Waals surface area contributed by atoms with Crippen LogP contribution in [0.4, 0.5) is 11.4 Å². The predicted octanol–water partition coefficient (Wildman–Crippen LogP) is 3.30. The predicted molar refractivity (Wildman–Crippen MR) is 104 cm³/mol. The third kappa shape index (κ3) is 3.25. The van der Waals surface area contributed by atoms with Crippen molar-refractivity contribution in [2.24, 2.45) is 0 Å². The molecule has 8 heteroatoms. The van der Waals surface area contributed by atoms with Gasteiger partial charge in [0.05, 0.1) is 22.7 Å². The number of nitrogens with zero attached hydrogens (tertiary/aromatic N) is 1. The first-order chi connectivity index (χ1) is 12.5. The van der Waals surface area contributed by atoms with E-state index in [0.29, 0.717) is 5.69 Å². The fourth-order valence-electron chi connectivity index (χ4n) is 3.14. The number of rotatable bonds is 4. The molecule has 2 N–H and O–H groups in total. The fourth-order valence-corrected chi connectivity index (χ4v) is 4.70. The van der Waals surface area contributed by atoms with E-state index in [4.69, 9.17) is 16.0 Å². The van der Waals surface area contributed by atoms with Crippen molar-refractivity contribution in [2.75, 3.05) is 35.8 Å². The molecule has 0 amide bonds. The maximum Gasteiger partial charge on any atom is 0.263 e. The Balaban J connectivity index is 1.74. The van der Waals surface area contributed by atoms with Gasteiger partial charge in [-0.15, -0.1) is 0 Å². The second-order valence-electron chi connectivity index (χ2n) is 6.11. The zero-order chi connectivity index (χ0) is 18.1. The molecule has 1 fully saturated rings. The number of halogens is 1. The fraction of sp³-hybridized carbons (Fsp3) is 0.222. The first kappa shape index (κ1) is 17.2. The third-order valence-electron chi connectivity index (χ3n) is 4.37. The SMILES string of the molecule is O=S(=O)(Nc1cc(N2CCNCC2)c2occc2c1)c1ccccc1Cl.